The number of oxazole rings is 1. The van der Waals surface area contributed by atoms with E-state index in [2.05, 4.69) is 35.5 Å². The van der Waals surface area contributed by atoms with E-state index in [9.17, 15) is 9.90 Å². The normalized spacial score (nSPS) is 14.4. The minimum atomic E-state index is -0.468. The SMILES string of the molecule is CCc1nc(Nc2ncc(C(=O)Nc3c(C)cccc3Cl)o2)nc(N2CCC(CO)CC2)n1. The highest BCUT2D eigenvalue weighted by Gasteiger charge is 2.22. The van der Waals surface area contributed by atoms with Crippen molar-refractivity contribution in [3.05, 3.63) is 46.6 Å². The minimum Gasteiger partial charge on any atom is -0.418 e. The van der Waals surface area contributed by atoms with Gasteiger partial charge >= 0.3 is 6.01 Å². The Morgan fingerprint density at radius 1 is 1.27 bits per heavy atom. The molecule has 0 radical (unpaired) electrons. The summed E-state index contributed by atoms with van der Waals surface area (Å²) in [5, 5.41) is 15.5. The van der Waals surface area contributed by atoms with Crippen molar-refractivity contribution in [2.45, 2.75) is 33.1 Å². The van der Waals surface area contributed by atoms with E-state index in [1.165, 1.54) is 6.20 Å². The molecule has 1 aliphatic heterocycles. The average Bonchev–Trinajstić information content (AvgIpc) is 3.30. The van der Waals surface area contributed by atoms with Gasteiger partial charge in [-0.15, -0.1) is 0 Å². The summed E-state index contributed by atoms with van der Waals surface area (Å²) in [6.45, 7) is 5.55. The summed E-state index contributed by atoms with van der Waals surface area (Å²) >= 11 is 6.19. The molecular weight excluding hydrogens is 446 g/mol. The van der Waals surface area contributed by atoms with Gasteiger partial charge in [-0.25, -0.2) is 4.98 Å². The van der Waals surface area contributed by atoms with E-state index in [1.54, 1.807) is 6.07 Å². The minimum absolute atomic E-state index is 0.0212. The van der Waals surface area contributed by atoms with Gasteiger partial charge in [0.1, 0.15) is 5.82 Å². The van der Waals surface area contributed by atoms with Gasteiger partial charge in [0.25, 0.3) is 5.91 Å². The molecule has 1 amide bonds. The summed E-state index contributed by atoms with van der Waals surface area (Å²) in [6, 6.07) is 5.46. The molecule has 0 atom stereocenters. The van der Waals surface area contributed by atoms with Gasteiger partial charge in [0.15, 0.2) is 0 Å². The van der Waals surface area contributed by atoms with E-state index in [1.807, 2.05) is 26.0 Å². The van der Waals surface area contributed by atoms with Crippen LogP contribution in [0.1, 0.15) is 41.7 Å². The summed E-state index contributed by atoms with van der Waals surface area (Å²) in [6.07, 6.45) is 3.73. The molecule has 2 aromatic heterocycles. The van der Waals surface area contributed by atoms with E-state index in [0.29, 0.717) is 34.8 Å². The molecule has 4 rings (SSSR count). The molecule has 174 valence electrons. The van der Waals surface area contributed by atoms with Crippen molar-refractivity contribution in [3.8, 4) is 0 Å². The smallest absolute Gasteiger partial charge is 0.302 e. The van der Waals surface area contributed by atoms with Gasteiger partial charge in [0, 0.05) is 26.1 Å². The number of aryl methyl sites for hydroxylation is 2. The molecule has 1 saturated heterocycles. The number of nitrogens with zero attached hydrogens (tertiary/aromatic N) is 5. The van der Waals surface area contributed by atoms with Crippen LogP contribution in [-0.4, -0.2) is 50.6 Å². The number of aliphatic hydroxyl groups excluding tert-OH is 1. The first-order valence-electron chi connectivity index (χ1n) is 10.9. The summed E-state index contributed by atoms with van der Waals surface area (Å²) in [7, 11) is 0. The van der Waals surface area contributed by atoms with Crippen LogP contribution in [0.25, 0.3) is 0 Å². The Balaban J connectivity index is 1.48. The number of carbonyl (C=O) groups excluding carboxylic acids is 1. The summed E-state index contributed by atoms with van der Waals surface area (Å²) in [4.78, 5) is 32.3. The van der Waals surface area contributed by atoms with Gasteiger partial charge in [0.2, 0.25) is 17.7 Å². The summed E-state index contributed by atoms with van der Waals surface area (Å²) in [5.74, 6) is 1.36. The van der Waals surface area contributed by atoms with Crippen LogP contribution in [0, 0.1) is 12.8 Å². The number of piperidine rings is 1. The lowest BCUT2D eigenvalue weighted by Crippen LogP contribution is -2.36. The molecule has 3 aromatic rings. The van der Waals surface area contributed by atoms with E-state index in [-0.39, 0.29) is 24.3 Å². The number of para-hydroxylation sites is 1. The lowest BCUT2D eigenvalue weighted by Gasteiger charge is -2.31. The molecule has 11 heteroatoms. The molecular formula is C22H26ClN7O3. The Hall–Kier alpha value is -3.24. The van der Waals surface area contributed by atoms with Crippen LogP contribution in [0.3, 0.4) is 0 Å². The molecule has 0 aliphatic carbocycles. The predicted octanol–water partition coefficient (Wildman–Crippen LogP) is 3.59. The molecule has 0 spiro atoms. The van der Waals surface area contributed by atoms with Gasteiger partial charge in [-0.1, -0.05) is 30.7 Å². The number of nitrogens with one attached hydrogen (secondary N) is 2. The largest absolute Gasteiger partial charge is 0.418 e. The maximum absolute atomic E-state index is 12.6. The lowest BCUT2D eigenvalue weighted by atomic mass is 9.98. The molecule has 1 fully saturated rings. The van der Waals surface area contributed by atoms with Crippen molar-refractivity contribution in [2.24, 2.45) is 5.92 Å². The highest BCUT2D eigenvalue weighted by Crippen LogP contribution is 2.26. The van der Waals surface area contributed by atoms with Crippen LogP contribution >= 0.6 is 11.6 Å². The number of aromatic nitrogens is 4. The van der Waals surface area contributed by atoms with Crippen LogP contribution in [0.15, 0.2) is 28.8 Å². The van der Waals surface area contributed by atoms with Gasteiger partial charge in [-0.3, -0.25) is 10.1 Å². The third kappa shape index (κ3) is 5.40. The standard InChI is InChI=1S/C22H26ClN7O3/c1-3-17-25-20(28-21(26-17)30-9-7-14(12-31)8-10-30)29-22-24-11-16(33-22)19(32)27-18-13(2)5-4-6-15(18)23/h4-6,11,14,31H,3,7-10,12H2,1-2H3,(H,27,32)(H,24,25,26,28,29). The van der Waals surface area contributed by atoms with Crippen molar-refractivity contribution >= 4 is 41.1 Å². The average molecular weight is 472 g/mol. The Morgan fingerprint density at radius 3 is 2.76 bits per heavy atom. The number of benzene rings is 1. The van der Waals surface area contributed by atoms with Crippen LogP contribution in [0.2, 0.25) is 5.02 Å². The fourth-order valence-corrected chi connectivity index (χ4v) is 3.85. The third-order valence-electron chi connectivity index (χ3n) is 5.55. The number of amides is 1. The Labute approximate surface area is 196 Å². The fourth-order valence-electron chi connectivity index (χ4n) is 3.58. The predicted molar refractivity (Wildman–Crippen MR) is 125 cm³/mol. The zero-order chi connectivity index (χ0) is 23.4. The third-order valence-corrected chi connectivity index (χ3v) is 5.87. The van der Waals surface area contributed by atoms with Crippen LogP contribution in [0.4, 0.5) is 23.6 Å². The monoisotopic (exact) mass is 471 g/mol. The van der Waals surface area contributed by atoms with Crippen LogP contribution in [0.5, 0.6) is 0 Å². The van der Waals surface area contributed by atoms with Crippen molar-refractivity contribution in [1.29, 1.82) is 0 Å². The van der Waals surface area contributed by atoms with Gasteiger partial charge in [-0.2, -0.15) is 15.0 Å². The Kier molecular flexibility index (Phi) is 7.05. The first-order valence-corrected chi connectivity index (χ1v) is 11.2. The van der Waals surface area contributed by atoms with Gasteiger partial charge in [0.05, 0.1) is 16.9 Å². The highest BCUT2D eigenvalue weighted by molar-refractivity contribution is 6.34. The van der Waals surface area contributed by atoms with Crippen molar-refractivity contribution < 1.29 is 14.3 Å². The quantitative estimate of drug-likeness (QED) is 0.473. The number of anilines is 4. The number of rotatable bonds is 7. The molecule has 3 N–H and O–H groups in total. The zero-order valence-corrected chi connectivity index (χ0v) is 19.3. The van der Waals surface area contributed by atoms with Crippen LogP contribution in [-0.2, 0) is 6.42 Å². The molecule has 0 saturated carbocycles. The molecule has 0 bridgehead atoms. The first kappa shape index (κ1) is 22.9. The second-order valence-electron chi connectivity index (χ2n) is 7.88. The van der Waals surface area contributed by atoms with E-state index < -0.39 is 5.91 Å². The molecule has 1 aromatic carbocycles. The maximum atomic E-state index is 12.6. The zero-order valence-electron chi connectivity index (χ0n) is 18.5. The van der Waals surface area contributed by atoms with Crippen molar-refractivity contribution in [3.63, 3.8) is 0 Å². The Bertz CT molecular complexity index is 1110. The first-order chi connectivity index (χ1) is 16.0. The number of hydrogen-bond acceptors (Lipinski definition) is 9. The maximum Gasteiger partial charge on any atom is 0.302 e. The lowest BCUT2D eigenvalue weighted by molar-refractivity contribution is 0.0997. The summed E-state index contributed by atoms with van der Waals surface area (Å²) < 4.78 is 5.57. The topological polar surface area (TPSA) is 129 Å². The van der Waals surface area contributed by atoms with Crippen molar-refractivity contribution in [2.75, 3.05) is 35.2 Å². The van der Waals surface area contributed by atoms with Crippen LogP contribution < -0.4 is 15.5 Å². The molecule has 3 heterocycles. The second kappa shape index (κ2) is 10.1. The highest BCUT2D eigenvalue weighted by atomic mass is 35.5. The fraction of sp³-hybridized carbons (Fsp3) is 0.409. The number of hydrogen-bond donors (Lipinski definition) is 3. The number of aliphatic hydroxyl groups is 1. The number of carbonyl (C=O) groups is 1. The van der Waals surface area contributed by atoms with Gasteiger partial charge in [-0.05, 0) is 37.3 Å². The number of halogens is 1. The van der Waals surface area contributed by atoms with Gasteiger partial charge < -0.3 is 19.7 Å². The molecule has 33 heavy (non-hydrogen) atoms. The molecule has 0 unspecified atom stereocenters. The molecule has 1 aliphatic rings. The molecule has 10 nitrogen and oxygen atoms in total. The van der Waals surface area contributed by atoms with E-state index >= 15 is 0 Å². The van der Waals surface area contributed by atoms with E-state index in [4.69, 9.17) is 16.0 Å². The Morgan fingerprint density at radius 2 is 2.06 bits per heavy atom. The van der Waals surface area contributed by atoms with Crippen molar-refractivity contribution in [1.82, 2.24) is 19.9 Å². The summed E-state index contributed by atoms with van der Waals surface area (Å²) in [5.41, 5.74) is 1.36. The van der Waals surface area contributed by atoms with E-state index in [0.717, 1.165) is 31.5 Å². The second-order valence-corrected chi connectivity index (χ2v) is 8.29.